The third kappa shape index (κ3) is 3.24. The third-order valence-corrected chi connectivity index (χ3v) is 4.04. The van der Waals surface area contributed by atoms with E-state index in [2.05, 4.69) is 39.0 Å². The largest absolute Gasteiger partial charge is 0.487 e. The summed E-state index contributed by atoms with van der Waals surface area (Å²) >= 11 is 6.18. The molecule has 0 aromatic heterocycles. The standard InChI is InChI=1S/C16H23ClO2/c1-5-18-16-13(17)9-15(16)19-14-8-11(4)6-7-12(14)10(2)3/h6-8,10,13,15-16H,5,9H2,1-4H3. The van der Waals surface area contributed by atoms with Crippen LogP contribution in [0.5, 0.6) is 5.75 Å². The summed E-state index contributed by atoms with van der Waals surface area (Å²) in [6.07, 6.45) is 0.964. The molecule has 0 radical (unpaired) electrons. The Kier molecular flexibility index (Phi) is 4.75. The summed E-state index contributed by atoms with van der Waals surface area (Å²) in [5.41, 5.74) is 2.47. The number of halogens is 1. The number of rotatable bonds is 5. The van der Waals surface area contributed by atoms with Gasteiger partial charge in [-0.1, -0.05) is 26.0 Å². The monoisotopic (exact) mass is 282 g/mol. The number of hydrogen-bond acceptors (Lipinski definition) is 2. The van der Waals surface area contributed by atoms with E-state index in [1.807, 2.05) is 6.92 Å². The quantitative estimate of drug-likeness (QED) is 0.751. The number of ether oxygens (including phenoxy) is 2. The van der Waals surface area contributed by atoms with Crippen molar-refractivity contribution >= 4 is 11.6 Å². The molecule has 0 heterocycles. The Balaban J connectivity index is 2.12. The van der Waals surface area contributed by atoms with Gasteiger partial charge >= 0.3 is 0 Å². The zero-order chi connectivity index (χ0) is 14.0. The van der Waals surface area contributed by atoms with Crippen molar-refractivity contribution in [2.75, 3.05) is 6.61 Å². The van der Waals surface area contributed by atoms with Crippen LogP contribution in [0, 0.1) is 6.92 Å². The molecule has 1 saturated carbocycles. The Morgan fingerprint density at radius 3 is 2.68 bits per heavy atom. The second kappa shape index (κ2) is 6.15. The summed E-state index contributed by atoms with van der Waals surface area (Å²) in [7, 11) is 0. The fraction of sp³-hybridized carbons (Fsp3) is 0.625. The van der Waals surface area contributed by atoms with Crippen molar-refractivity contribution in [1.29, 1.82) is 0 Å². The molecule has 0 amide bonds. The predicted octanol–water partition coefficient (Wildman–Crippen LogP) is 4.28. The van der Waals surface area contributed by atoms with E-state index in [1.165, 1.54) is 11.1 Å². The van der Waals surface area contributed by atoms with Crippen LogP contribution in [0.15, 0.2) is 18.2 Å². The molecule has 19 heavy (non-hydrogen) atoms. The Labute approximate surface area is 121 Å². The first-order valence-electron chi connectivity index (χ1n) is 7.05. The average molecular weight is 283 g/mol. The number of benzene rings is 1. The van der Waals surface area contributed by atoms with Crippen LogP contribution in [0.2, 0.25) is 0 Å². The van der Waals surface area contributed by atoms with E-state index in [0.717, 1.165) is 12.2 Å². The molecule has 0 saturated heterocycles. The van der Waals surface area contributed by atoms with Crippen molar-refractivity contribution in [3.05, 3.63) is 29.3 Å². The van der Waals surface area contributed by atoms with Crippen molar-refractivity contribution < 1.29 is 9.47 Å². The van der Waals surface area contributed by atoms with Crippen LogP contribution in [0.4, 0.5) is 0 Å². The lowest BCUT2D eigenvalue weighted by Gasteiger charge is -2.40. The van der Waals surface area contributed by atoms with Gasteiger partial charge in [0.15, 0.2) is 0 Å². The molecular formula is C16H23ClO2. The summed E-state index contributed by atoms with van der Waals surface area (Å²) in [6, 6.07) is 6.40. The number of aryl methyl sites for hydroxylation is 1. The second-order valence-electron chi connectivity index (χ2n) is 5.52. The van der Waals surface area contributed by atoms with E-state index in [9.17, 15) is 0 Å². The average Bonchev–Trinajstić information content (AvgIpc) is 2.35. The van der Waals surface area contributed by atoms with E-state index >= 15 is 0 Å². The van der Waals surface area contributed by atoms with Crippen molar-refractivity contribution in [3.8, 4) is 5.75 Å². The minimum Gasteiger partial charge on any atom is -0.487 e. The number of hydrogen-bond donors (Lipinski definition) is 0. The molecule has 1 aliphatic carbocycles. The summed E-state index contributed by atoms with van der Waals surface area (Å²) in [6.45, 7) is 9.12. The molecule has 2 rings (SSSR count). The van der Waals surface area contributed by atoms with Gasteiger partial charge in [0.25, 0.3) is 0 Å². The van der Waals surface area contributed by atoms with E-state index in [0.29, 0.717) is 12.5 Å². The Hall–Kier alpha value is -0.730. The lowest BCUT2D eigenvalue weighted by Crippen LogP contribution is -2.52. The van der Waals surface area contributed by atoms with Crippen LogP contribution in [-0.4, -0.2) is 24.2 Å². The summed E-state index contributed by atoms with van der Waals surface area (Å²) < 4.78 is 11.8. The van der Waals surface area contributed by atoms with Crippen LogP contribution >= 0.6 is 11.6 Å². The molecule has 1 aromatic rings. The maximum atomic E-state index is 6.18. The molecule has 1 fully saturated rings. The maximum Gasteiger partial charge on any atom is 0.128 e. The fourth-order valence-corrected chi connectivity index (χ4v) is 2.84. The third-order valence-electron chi connectivity index (χ3n) is 3.61. The van der Waals surface area contributed by atoms with Crippen LogP contribution < -0.4 is 4.74 Å². The van der Waals surface area contributed by atoms with Crippen molar-refractivity contribution in [1.82, 2.24) is 0 Å². The molecule has 2 nitrogen and oxygen atoms in total. The summed E-state index contributed by atoms with van der Waals surface area (Å²) in [5, 5.41) is 0.0808. The zero-order valence-corrected chi connectivity index (χ0v) is 12.9. The predicted molar refractivity (Wildman–Crippen MR) is 79.4 cm³/mol. The highest BCUT2D eigenvalue weighted by molar-refractivity contribution is 6.21. The molecule has 0 N–H and O–H groups in total. The van der Waals surface area contributed by atoms with Crippen LogP contribution in [0.3, 0.4) is 0 Å². The minimum absolute atomic E-state index is 0.0205. The van der Waals surface area contributed by atoms with Gasteiger partial charge in [0, 0.05) is 13.0 Å². The minimum atomic E-state index is 0.0205. The Morgan fingerprint density at radius 2 is 2.11 bits per heavy atom. The Bertz CT molecular complexity index is 431. The smallest absolute Gasteiger partial charge is 0.128 e. The van der Waals surface area contributed by atoms with Crippen LogP contribution in [-0.2, 0) is 4.74 Å². The molecule has 0 aliphatic heterocycles. The normalized spacial score (nSPS) is 26.3. The van der Waals surface area contributed by atoms with Gasteiger partial charge in [-0.05, 0) is 37.0 Å². The van der Waals surface area contributed by atoms with Gasteiger partial charge in [-0.3, -0.25) is 0 Å². The fourth-order valence-electron chi connectivity index (χ4n) is 2.43. The highest BCUT2D eigenvalue weighted by Gasteiger charge is 2.42. The maximum absolute atomic E-state index is 6.18. The lowest BCUT2D eigenvalue weighted by molar-refractivity contribution is -0.0763. The van der Waals surface area contributed by atoms with Gasteiger partial charge < -0.3 is 9.47 Å². The molecular weight excluding hydrogens is 260 g/mol. The zero-order valence-electron chi connectivity index (χ0n) is 12.2. The van der Waals surface area contributed by atoms with Crippen molar-refractivity contribution in [3.63, 3.8) is 0 Å². The van der Waals surface area contributed by atoms with E-state index < -0.39 is 0 Å². The second-order valence-corrected chi connectivity index (χ2v) is 6.08. The topological polar surface area (TPSA) is 18.5 Å². The van der Waals surface area contributed by atoms with Gasteiger partial charge in [0.1, 0.15) is 18.0 Å². The van der Waals surface area contributed by atoms with Crippen LogP contribution in [0.1, 0.15) is 44.2 Å². The first-order valence-corrected chi connectivity index (χ1v) is 7.49. The molecule has 0 spiro atoms. The highest BCUT2D eigenvalue weighted by Crippen LogP contribution is 2.36. The number of alkyl halides is 1. The van der Waals surface area contributed by atoms with Crippen molar-refractivity contribution in [2.45, 2.75) is 57.6 Å². The SMILES string of the molecule is CCOC1C(Cl)CC1Oc1cc(C)ccc1C(C)C. The molecule has 3 unspecified atom stereocenters. The first kappa shape index (κ1) is 14.7. The summed E-state index contributed by atoms with van der Waals surface area (Å²) in [5.74, 6) is 1.43. The van der Waals surface area contributed by atoms with Crippen molar-refractivity contribution in [2.24, 2.45) is 0 Å². The van der Waals surface area contributed by atoms with E-state index in [1.54, 1.807) is 0 Å². The summed E-state index contributed by atoms with van der Waals surface area (Å²) in [4.78, 5) is 0. The van der Waals surface area contributed by atoms with Gasteiger partial charge in [-0.2, -0.15) is 0 Å². The van der Waals surface area contributed by atoms with Crippen LogP contribution in [0.25, 0.3) is 0 Å². The van der Waals surface area contributed by atoms with Gasteiger partial charge in [-0.15, -0.1) is 11.6 Å². The van der Waals surface area contributed by atoms with Gasteiger partial charge in [-0.25, -0.2) is 0 Å². The molecule has 1 aromatic carbocycles. The molecule has 3 atom stereocenters. The van der Waals surface area contributed by atoms with Gasteiger partial charge in [0.2, 0.25) is 0 Å². The highest BCUT2D eigenvalue weighted by atomic mass is 35.5. The van der Waals surface area contributed by atoms with E-state index in [-0.39, 0.29) is 17.6 Å². The van der Waals surface area contributed by atoms with E-state index in [4.69, 9.17) is 21.1 Å². The Morgan fingerprint density at radius 1 is 1.37 bits per heavy atom. The van der Waals surface area contributed by atoms with Gasteiger partial charge in [0.05, 0.1) is 5.38 Å². The lowest BCUT2D eigenvalue weighted by atomic mass is 9.90. The first-order chi connectivity index (χ1) is 9.02. The molecule has 0 bridgehead atoms. The molecule has 3 heteroatoms. The molecule has 106 valence electrons. The molecule has 1 aliphatic rings.